The molecule has 0 aliphatic carbocycles. The van der Waals surface area contributed by atoms with Gasteiger partial charge in [0.2, 0.25) is 5.91 Å². The fraction of sp³-hybridized carbons (Fsp3) is 0.118. The van der Waals surface area contributed by atoms with E-state index < -0.39 is 39.7 Å². The minimum Gasteiger partial charge on any atom is -0.334 e. The van der Waals surface area contributed by atoms with Gasteiger partial charge in [-0.15, -0.1) is 0 Å². The molecule has 0 saturated carbocycles. The summed E-state index contributed by atoms with van der Waals surface area (Å²) in [6, 6.07) is 6.39. The van der Waals surface area contributed by atoms with Crippen molar-refractivity contribution in [3.8, 4) is 11.5 Å². The van der Waals surface area contributed by atoms with Crippen LogP contribution >= 0.6 is 0 Å². The third kappa shape index (κ3) is 4.31. The summed E-state index contributed by atoms with van der Waals surface area (Å²) in [4.78, 5) is 25.9. The van der Waals surface area contributed by atoms with Crippen LogP contribution in [0.4, 0.5) is 24.5 Å². The zero-order valence-corrected chi connectivity index (χ0v) is 14.0. The van der Waals surface area contributed by atoms with Gasteiger partial charge in [0.25, 0.3) is 11.6 Å². The van der Waals surface area contributed by atoms with E-state index in [0.717, 1.165) is 0 Å². The van der Waals surface area contributed by atoms with Crippen molar-refractivity contribution in [1.82, 2.24) is 10.1 Å². The Balaban J connectivity index is 1.67. The number of carbonyl (C=O) groups excluding carboxylic acids is 1. The standard InChI is InChI=1S/C17H11F3N4O4/c18-10-3-1-2-9(6-10)17-21-14(23-28-17)4-5-15(25)22-16-12(20)7-11(19)8-13(16)24(26)27/h1-3,6-8H,4-5H2,(H,22,25). The molecule has 8 nitrogen and oxygen atoms in total. The Kier molecular flexibility index (Phi) is 5.34. The Hall–Kier alpha value is -3.76. The summed E-state index contributed by atoms with van der Waals surface area (Å²) in [6.07, 6.45) is -0.280. The van der Waals surface area contributed by atoms with Gasteiger partial charge in [0.1, 0.15) is 11.6 Å². The molecule has 2 aromatic carbocycles. The highest BCUT2D eigenvalue weighted by atomic mass is 19.1. The van der Waals surface area contributed by atoms with E-state index in [-0.39, 0.29) is 24.6 Å². The number of hydrogen-bond acceptors (Lipinski definition) is 6. The highest BCUT2D eigenvalue weighted by Gasteiger charge is 2.22. The molecular weight excluding hydrogens is 381 g/mol. The molecule has 0 saturated heterocycles. The van der Waals surface area contributed by atoms with Crippen LogP contribution in [0.2, 0.25) is 0 Å². The number of aromatic nitrogens is 2. The van der Waals surface area contributed by atoms with Crippen LogP contribution < -0.4 is 5.32 Å². The number of anilines is 1. The van der Waals surface area contributed by atoms with Crippen LogP contribution in [0.15, 0.2) is 40.9 Å². The molecule has 144 valence electrons. The molecule has 28 heavy (non-hydrogen) atoms. The second-order valence-electron chi connectivity index (χ2n) is 5.61. The number of hydrogen-bond donors (Lipinski definition) is 1. The lowest BCUT2D eigenvalue weighted by Gasteiger charge is -2.06. The number of nitro groups is 1. The van der Waals surface area contributed by atoms with Gasteiger partial charge in [-0.1, -0.05) is 11.2 Å². The van der Waals surface area contributed by atoms with Gasteiger partial charge in [0, 0.05) is 24.5 Å². The predicted molar refractivity (Wildman–Crippen MR) is 89.7 cm³/mol. The summed E-state index contributed by atoms with van der Waals surface area (Å²) in [6.45, 7) is 0. The number of halogens is 3. The molecule has 0 aliphatic heterocycles. The van der Waals surface area contributed by atoms with Crippen molar-refractivity contribution in [2.24, 2.45) is 0 Å². The molecule has 0 aliphatic rings. The molecule has 1 N–H and O–H groups in total. The van der Waals surface area contributed by atoms with Crippen molar-refractivity contribution in [2.75, 3.05) is 5.32 Å². The van der Waals surface area contributed by atoms with Crippen molar-refractivity contribution in [3.63, 3.8) is 0 Å². The Morgan fingerprint density at radius 3 is 2.68 bits per heavy atom. The van der Waals surface area contributed by atoms with Crippen molar-refractivity contribution >= 4 is 17.3 Å². The molecule has 1 amide bonds. The smallest absolute Gasteiger partial charge is 0.298 e. The maximum Gasteiger partial charge on any atom is 0.298 e. The number of carbonyl (C=O) groups is 1. The van der Waals surface area contributed by atoms with Gasteiger partial charge < -0.3 is 9.84 Å². The van der Waals surface area contributed by atoms with Gasteiger partial charge in [0.05, 0.1) is 11.0 Å². The molecule has 1 aromatic heterocycles. The lowest BCUT2D eigenvalue weighted by molar-refractivity contribution is -0.384. The Bertz CT molecular complexity index is 1050. The predicted octanol–water partition coefficient (Wildman–Crippen LogP) is 3.63. The van der Waals surface area contributed by atoms with Crippen LogP contribution in [0.25, 0.3) is 11.5 Å². The molecular formula is C17H11F3N4O4. The van der Waals surface area contributed by atoms with E-state index in [0.29, 0.717) is 17.7 Å². The summed E-state index contributed by atoms with van der Waals surface area (Å²) in [5.74, 6) is -3.49. The van der Waals surface area contributed by atoms with Crippen molar-refractivity contribution < 1.29 is 27.4 Å². The lowest BCUT2D eigenvalue weighted by atomic mass is 10.2. The van der Waals surface area contributed by atoms with Gasteiger partial charge in [-0.3, -0.25) is 14.9 Å². The molecule has 0 unspecified atom stereocenters. The highest BCUT2D eigenvalue weighted by molar-refractivity contribution is 5.93. The van der Waals surface area contributed by atoms with Crippen LogP contribution in [-0.4, -0.2) is 21.0 Å². The molecule has 1 heterocycles. The average molecular weight is 392 g/mol. The second-order valence-corrected chi connectivity index (χ2v) is 5.61. The third-order valence-electron chi connectivity index (χ3n) is 3.61. The fourth-order valence-corrected chi connectivity index (χ4v) is 2.35. The Morgan fingerprint density at radius 1 is 1.18 bits per heavy atom. The van der Waals surface area contributed by atoms with Gasteiger partial charge in [-0.2, -0.15) is 4.98 Å². The molecule has 0 atom stereocenters. The van der Waals surface area contributed by atoms with Crippen LogP contribution in [0, 0.1) is 27.6 Å². The first-order chi connectivity index (χ1) is 13.3. The summed E-state index contributed by atoms with van der Waals surface area (Å²) in [7, 11) is 0. The zero-order chi connectivity index (χ0) is 20.3. The largest absolute Gasteiger partial charge is 0.334 e. The number of nitro benzene ring substituents is 1. The molecule has 0 fully saturated rings. The van der Waals surface area contributed by atoms with Crippen LogP contribution in [0.1, 0.15) is 12.2 Å². The van der Waals surface area contributed by atoms with Gasteiger partial charge >= 0.3 is 0 Å². The molecule has 3 aromatic rings. The summed E-state index contributed by atoms with van der Waals surface area (Å²) < 4.78 is 45.1. The Morgan fingerprint density at radius 2 is 1.96 bits per heavy atom. The van der Waals surface area contributed by atoms with Crippen LogP contribution in [0.5, 0.6) is 0 Å². The van der Waals surface area contributed by atoms with Gasteiger partial charge in [-0.25, -0.2) is 13.2 Å². The van der Waals surface area contributed by atoms with Crippen molar-refractivity contribution in [3.05, 3.63) is 69.8 Å². The number of aryl methyl sites for hydroxylation is 1. The maximum atomic E-state index is 13.8. The second kappa shape index (κ2) is 7.86. The first kappa shape index (κ1) is 19.0. The number of benzene rings is 2. The van der Waals surface area contributed by atoms with E-state index in [1.165, 1.54) is 18.2 Å². The molecule has 11 heteroatoms. The molecule has 0 radical (unpaired) electrons. The van der Waals surface area contributed by atoms with E-state index in [2.05, 4.69) is 10.1 Å². The van der Waals surface area contributed by atoms with Crippen LogP contribution in [0.3, 0.4) is 0 Å². The van der Waals surface area contributed by atoms with Gasteiger partial charge in [-0.05, 0) is 18.2 Å². The SMILES string of the molecule is O=C(CCc1noc(-c2cccc(F)c2)n1)Nc1c(F)cc(F)cc1[N+](=O)[O-]. The maximum absolute atomic E-state index is 13.8. The van der Waals surface area contributed by atoms with Crippen molar-refractivity contribution in [1.29, 1.82) is 0 Å². The van der Waals surface area contributed by atoms with E-state index >= 15 is 0 Å². The minimum atomic E-state index is -1.27. The first-order valence-electron chi connectivity index (χ1n) is 7.85. The molecule has 3 rings (SSSR count). The lowest BCUT2D eigenvalue weighted by Crippen LogP contribution is -2.15. The summed E-state index contributed by atoms with van der Waals surface area (Å²) in [5.41, 5.74) is -1.28. The Labute approximate surface area is 155 Å². The summed E-state index contributed by atoms with van der Waals surface area (Å²) in [5, 5.41) is 16.6. The normalized spacial score (nSPS) is 10.7. The fourth-order valence-electron chi connectivity index (χ4n) is 2.35. The number of rotatable bonds is 6. The minimum absolute atomic E-state index is 0.0265. The van der Waals surface area contributed by atoms with E-state index in [4.69, 9.17) is 4.52 Å². The van der Waals surface area contributed by atoms with E-state index in [1.807, 2.05) is 5.32 Å². The van der Waals surface area contributed by atoms with E-state index in [9.17, 15) is 28.1 Å². The molecule has 0 bridgehead atoms. The highest BCUT2D eigenvalue weighted by Crippen LogP contribution is 2.28. The number of nitrogens with zero attached hydrogens (tertiary/aromatic N) is 3. The van der Waals surface area contributed by atoms with E-state index in [1.54, 1.807) is 6.07 Å². The van der Waals surface area contributed by atoms with Crippen LogP contribution in [-0.2, 0) is 11.2 Å². The monoisotopic (exact) mass is 392 g/mol. The number of nitrogens with one attached hydrogen (secondary N) is 1. The van der Waals surface area contributed by atoms with Gasteiger partial charge in [0.15, 0.2) is 17.3 Å². The topological polar surface area (TPSA) is 111 Å². The third-order valence-corrected chi connectivity index (χ3v) is 3.61. The molecule has 0 spiro atoms. The summed E-state index contributed by atoms with van der Waals surface area (Å²) >= 11 is 0. The zero-order valence-electron chi connectivity index (χ0n) is 14.0. The number of amides is 1. The van der Waals surface area contributed by atoms with Crippen molar-refractivity contribution in [2.45, 2.75) is 12.8 Å². The average Bonchev–Trinajstić information content (AvgIpc) is 3.11. The first-order valence-corrected chi connectivity index (χ1v) is 7.85. The quantitative estimate of drug-likeness (QED) is 0.506.